The van der Waals surface area contributed by atoms with E-state index >= 15 is 0 Å². The maximum Gasteiger partial charge on any atom is 0.292 e. The van der Waals surface area contributed by atoms with Crippen molar-refractivity contribution in [1.29, 1.82) is 0 Å². The van der Waals surface area contributed by atoms with Crippen LogP contribution in [0.4, 0.5) is 0 Å². The van der Waals surface area contributed by atoms with Crippen LogP contribution in [0.5, 0.6) is 0 Å². The van der Waals surface area contributed by atoms with Gasteiger partial charge in [0.1, 0.15) is 5.82 Å². The molecule has 25 heavy (non-hydrogen) atoms. The summed E-state index contributed by atoms with van der Waals surface area (Å²) in [6.45, 7) is 1.62. The van der Waals surface area contributed by atoms with Gasteiger partial charge in [-0.2, -0.15) is 10.1 Å². The molecule has 9 nitrogen and oxygen atoms in total. The second kappa shape index (κ2) is 5.91. The molecule has 9 heteroatoms. The molecule has 2 N–H and O–H groups in total. The van der Waals surface area contributed by atoms with Crippen LogP contribution < -0.4 is 5.32 Å². The van der Waals surface area contributed by atoms with Crippen molar-refractivity contribution in [2.45, 2.75) is 63.1 Å². The minimum absolute atomic E-state index is 0.0319. The summed E-state index contributed by atoms with van der Waals surface area (Å²) in [6.07, 6.45) is 6.45. The summed E-state index contributed by atoms with van der Waals surface area (Å²) in [5, 5.41) is 14.1. The highest BCUT2D eigenvalue weighted by molar-refractivity contribution is 5.90. The molecular weight excluding hydrogens is 322 g/mol. The molecule has 2 saturated carbocycles. The number of likely N-dealkylation sites (tertiary alicyclic amines) is 1. The van der Waals surface area contributed by atoms with E-state index in [1.165, 1.54) is 12.8 Å². The van der Waals surface area contributed by atoms with E-state index < -0.39 is 0 Å². The Balaban J connectivity index is 1.27. The predicted octanol–water partition coefficient (Wildman–Crippen LogP) is 1.29. The molecule has 0 aromatic carbocycles. The first-order valence-electron chi connectivity index (χ1n) is 9.06. The number of amides is 1. The Hall–Kier alpha value is -2.29. The Bertz CT molecular complexity index is 777. The molecule has 1 saturated heterocycles. The van der Waals surface area contributed by atoms with Crippen LogP contribution in [0.25, 0.3) is 0 Å². The van der Waals surface area contributed by atoms with Crippen LogP contribution in [0.3, 0.4) is 0 Å². The third-order valence-corrected chi connectivity index (χ3v) is 5.05. The summed E-state index contributed by atoms with van der Waals surface area (Å²) in [5.41, 5.74) is 0. The topological polar surface area (TPSA) is 113 Å². The Kier molecular flexibility index (Phi) is 3.54. The van der Waals surface area contributed by atoms with Gasteiger partial charge in [0.25, 0.3) is 11.7 Å². The van der Waals surface area contributed by atoms with Crippen molar-refractivity contribution in [2.75, 3.05) is 6.54 Å². The molecule has 0 bridgehead atoms. The van der Waals surface area contributed by atoms with Crippen LogP contribution in [-0.4, -0.2) is 48.7 Å². The molecule has 1 atom stereocenters. The van der Waals surface area contributed by atoms with Crippen molar-refractivity contribution < 1.29 is 9.32 Å². The highest BCUT2D eigenvalue weighted by Gasteiger charge is 2.34. The van der Waals surface area contributed by atoms with E-state index in [2.05, 4.69) is 35.5 Å². The highest BCUT2D eigenvalue weighted by Crippen LogP contribution is 2.38. The van der Waals surface area contributed by atoms with Crippen molar-refractivity contribution in [3.05, 3.63) is 23.4 Å². The number of aromatic amines is 1. The third-order valence-electron chi connectivity index (χ3n) is 5.05. The van der Waals surface area contributed by atoms with Gasteiger partial charge in [-0.1, -0.05) is 5.16 Å². The lowest BCUT2D eigenvalue weighted by atomic mass is 10.2. The summed E-state index contributed by atoms with van der Waals surface area (Å²) < 4.78 is 5.38. The first-order valence-corrected chi connectivity index (χ1v) is 9.06. The van der Waals surface area contributed by atoms with Gasteiger partial charge in [-0.15, -0.1) is 0 Å². The van der Waals surface area contributed by atoms with Gasteiger partial charge in [-0.05, 0) is 45.1 Å². The molecule has 3 aliphatic rings. The molecule has 0 radical (unpaired) electrons. The molecule has 3 fully saturated rings. The number of hydrogen-bond donors (Lipinski definition) is 2. The molecule has 2 aromatic rings. The van der Waals surface area contributed by atoms with E-state index in [0.29, 0.717) is 18.4 Å². The summed E-state index contributed by atoms with van der Waals surface area (Å²) in [6, 6.07) is 0.314. The minimum atomic E-state index is -0.244. The van der Waals surface area contributed by atoms with Gasteiger partial charge in [0.05, 0.1) is 12.6 Å². The first kappa shape index (κ1) is 15.0. The SMILES string of the molecule is O=C(NC1CC1)c1noc([C@H]2CCCN2Cc2nc(C3CC3)n[nH]2)n1. The fraction of sp³-hybridized carbons (Fsp3) is 0.688. The third kappa shape index (κ3) is 3.15. The average Bonchev–Trinajstić information content (AvgIpc) is 3.46. The number of aromatic nitrogens is 5. The van der Waals surface area contributed by atoms with Crippen LogP contribution in [-0.2, 0) is 6.54 Å². The van der Waals surface area contributed by atoms with Gasteiger partial charge in [-0.25, -0.2) is 4.98 Å². The van der Waals surface area contributed by atoms with Gasteiger partial charge in [0, 0.05) is 12.0 Å². The van der Waals surface area contributed by atoms with Crippen LogP contribution in [0, 0.1) is 0 Å². The predicted molar refractivity (Wildman–Crippen MR) is 85.5 cm³/mol. The first-order chi connectivity index (χ1) is 12.3. The van der Waals surface area contributed by atoms with Crippen molar-refractivity contribution in [2.24, 2.45) is 0 Å². The lowest BCUT2D eigenvalue weighted by Crippen LogP contribution is -2.27. The zero-order valence-corrected chi connectivity index (χ0v) is 13.9. The lowest BCUT2D eigenvalue weighted by molar-refractivity contribution is 0.0937. The summed E-state index contributed by atoms with van der Waals surface area (Å²) >= 11 is 0. The minimum Gasteiger partial charge on any atom is -0.346 e. The maximum absolute atomic E-state index is 12.0. The number of carbonyl (C=O) groups is 1. The Morgan fingerprint density at radius 2 is 2.12 bits per heavy atom. The molecule has 132 valence electrons. The van der Waals surface area contributed by atoms with E-state index in [9.17, 15) is 4.79 Å². The second-order valence-electron chi connectivity index (χ2n) is 7.25. The maximum atomic E-state index is 12.0. The van der Waals surface area contributed by atoms with E-state index in [1.54, 1.807) is 0 Å². The van der Waals surface area contributed by atoms with Gasteiger partial charge < -0.3 is 9.84 Å². The molecule has 1 aliphatic heterocycles. The van der Waals surface area contributed by atoms with Crippen molar-refractivity contribution in [1.82, 2.24) is 35.5 Å². The number of carbonyl (C=O) groups excluding carboxylic acids is 1. The lowest BCUT2D eigenvalue weighted by Gasteiger charge is -2.19. The molecule has 1 amide bonds. The highest BCUT2D eigenvalue weighted by atomic mass is 16.5. The van der Waals surface area contributed by atoms with E-state index in [4.69, 9.17) is 4.52 Å². The van der Waals surface area contributed by atoms with E-state index in [1.807, 2.05) is 0 Å². The van der Waals surface area contributed by atoms with Gasteiger partial charge in [0.2, 0.25) is 5.89 Å². The normalized spacial score (nSPS) is 23.9. The summed E-state index contributed by atoms with van der Waals surface area (Å²) in [4.78, 5) is 23.2. The molecule has 5 rings (SSSR count). The van der Waals surface area contributed by atoms with Gasteiger partial charge in [0.15, 0.2) is 5.82 Å². The van der Waals surface area contributed by atoms with Crippen molar-refractivity contribution in [3.8, 4) is 0 Å². The zero-order valence-electron chi connectivity index (χ0n) is 13.9. The van der Waals surface area contributed by atoms with Crippen molar-refractivity contribution in [3.63, 3.8) is 0 Å². The molecule has 2 aromatic heterocycles. The number of nitrogens with zero attached hydrogens (tertiary/aromatic N) is 5. The molecule has 3 heterocycles. The molecule has 0 spiro atoms. The van der Waals surface area contributed by atoms with Gasteiger partial charge in [-0.3, -0.25) is 14.8 Å². The fourth-order valence-electron chi connectivity index (χ4n) is 3.33. The zero-order chi connectivity index (χ0) is 16.8. The van der Waals surface area contributed by atoms with E-state index in [-0.39, 0.29) is 23.8 Å². The molecule has 0 unspecified atom stereocenters. The summed E-state index contributed by atoms with van der Waals surface area (Å²) in [7, 11) is 0. The second-order valence-corrected chi connectivity index (χ2v) is 7.25. The number of hydrogen-bond acceptors (Lipinski definition) is 7. The monoisotopic (exact) mass is 343 g/mol. The number of rotatable bonds is 6. The van der Waals surface area contributed by atoms with E-state index in [0.717, 1.165) is 43.9 Å². The smallest absolute Gasteiger partial charge is 0.292 e. The number of H-pyrrole nitrogens is 1. The van der Waals surface area contributed by atoms with Crippen LogP contribution in [0.1, 0.15) is 78.6 Å². The van der Waals surface area contributed by atoms with Crippen molar-refractivity contribution >= 4 is 5.91 Å². The number of nitrogens with one attached hydrogen (secondary N) is 2. The van der Waals surface area contributed by atoms with Crippen LogP contribution in [0.15, 0.2) is 4.52 Å². The molecule has 2 aliphatic carbocycles. The average molecular weight is 343 g/mol. The van der Waals surface area contributed by atoms with Crippen LogP contribution in [0.2, 0.25) is 0 Å². The Morgan fingerprint density at radius 3 is 2.92 bits per heavy atom. The largest absolute Gasteiger partial charge is 0.346 e. The van der Waals surface area contributed by atoms with Crippen LogP contribution >= 0.6 is 0 Å². The summed E-state index contributed by atoms with van der Waals surface area (Å²) in [5.74, 6) is 2.75. The fourth-order valence-corrected chi connectivity index (χ4v) is 3.33. The van der Waals surface area contributed by atoms with Gasteiger partial charge >= 0.3 is 0 Å². The molecular formula is C16H21N7O2. The Morgan fingerprint density at radius 1 is 1.24 bits per heavy atom. The Labute approximate surface area is 144 Å². The quantitative estimate of drug-likeness (QED) is 0.812. The standard InChI is InChI=1S/C16H21N7O2/c24-15(17-10-5-6-10)14-19-16(25-22-14)11-2-1-7-23(11)8-12-18-13(21-20-12)9-3-4-9/h9-11H,1-8H2,(H,17,24)(H,18,20,21)/t11-/m1/s1.